The van der Waals surface area contributed by atoms with E-state index in [-0.39, 0.29) is 5.41 Å². The molecule has 0 saturated carbocycles. The van der Waals surface area contributed by atoms with Gasteiger partial charge in [0.15, 0.2) is 0 Å². The van der Waals surface area contributed by atoms with Crippen molar-refractivity contribution in [3.8, 4) is 5.75 Å². The third-order valence-electron chi connectivity index (χ3n) is 2.80. The summed E-state index contributed by atoms with van der Waals surface area (Å²) in [5.41, 5.74) is 1.53. The maximum absolute atomic E-state index is 5.47. The molecule has 0 saturated heterocycles. The van der Waals surface area contributed by atoms with E-state index in [1.807, 2.05) is 6.92 Å². The van der Waals surface area contributed by atoms with Crippen LogP contribution in [0.15, 0.2) is 24.3 Å². The molecule has 17 heavy (non-hydrogen) atoms. The molecular formula is C15H25NO. The molecule has 1 aromatic carbocycles. The summed E-state index contributed by atoms with van der Waals surface area (Å²) in [4.78, 5) is 0. The minimum Gasteiger partial charge on any atom is -0.494 e. The summed E-state index contributed by atoms with van der Waals surface area (Å²) in [7, 11) is 0. The van der Waals surface area contributed by atoms with Gasteiger partial charge in [0.05, 0.1) is 6.61 Å². The lowest BCUT2D eigenvalue weighted by Crippen LogP contribution is -2.32. The van der Waals surface area contributed by atoms with Crippen molar-refractivity contribution in [1.29, 1.82) is 0 Å². The first kappa shape index (κ1) is 14.0. The summed E-state index contributed by atoms with van der Waals surface area (Å²) in [6.45, 7) is 12.6. The van der Waals surface area contributed by atoms with E-state index in [9.17, 15) is 0 Å². The van der Waals surface area contributed by atoms with Crippen LogP contribution in [0.25, 0.3) is 0 Å². The molecule has 0 radical (unpaired) electrons. The Morgan fingerprint density at radius 3 is 2.12 bits per heavy atom. The van der Waals surface area contributed by atoms with Crippen molar-refractivity contribution in [2.75, 3.05) is 13.2 Å². The summed E-state index contributed by atoms with van der Waals surface area (Å²) in [5.74, 6) is 0.945. The fourth-order valence-electron chi connectivity index (χ4n) is 2.05. The molecule has 0 spiro atoms. The Labute approximate surface area is 105 Å². The molecular weight excluding hydrogens is 210 g/mol. The van der Waals surface area contributed by atoms with Crippen molar-refractivity contribution in [2.24, 2.45) is 5.41 Å². The average molecular weight is 235 g/mol. The summed E-state index contributed by atoms with van der Waals surface area (Å²) in [6, 6.07) is 8.79. The largest absolute Gasteiger partial charge is 0.494 e. The molecule has 0 heterocycles. The molecule has 0 amide bonds. The zero-order valence-corrected chi connectivity index (χ0v) is 11.7. The van der Waals surface area contributed by atoms with E-state index < -0.39 is 0 Å². The molecule has 1 atom stereocenters. The summed E-state index contributed by atoms with van der Waals surface area (Å²) >= 11 is 0. The second kappa shape index (κ2) is 6.06. The highest BCUT2D eigenvalue weighted by Crippen LogP contribution is 2.33. The number of rotatable bonds is 5. The Hall–Kier alpha value is -1.02. The molecule has 0 aliphatic carbocycles. The predicted octanol–water partition coefficient (Wildman–Crippen LogP) is 3.78. The van der Waals surface area contributed by atoms with E-state index in [0.29, 0.717) is 6.04 Å². The molecule has 0 aliphatic rings. The Kier molecular flexibility index (Phi) is 5.01. The third-order valence-corrected chi connectivity index (χ3v) is 2.80. The lowest BCUT2D eigenvalue weighted by atomic mass is 9.82. The van der Waals surface area contributed by atoms with Gasteiger partial charge >= 0.3 is 0 Å². The van der Waals surface area contributed by atoms with E-state index >= 15 is 0 Å². The second-order valence-corrected chi connectivity index (χ2v) is 5.36. The zero-order chi connectivity index (χ0) is 12.9. The number of hydrogen-bond donors (Lipinski definition) is 1. The fraction of sp³-hybridized carbons (Fsp3) is 0.600. The molecule has 0 bridgehead atoms. The molecule has 1 unspecified atom stereocenters. The van der Waals surface area contributed by atoms with Crippen LogP contribution in [-0.2, 0) is 0 Å². The molecule has 0 aliphatic heterocycles. The summed E-state index contributed by atoms with van der Waals surface area (Å²) in [6.07, 6.45) is 0. The first-order valence-electron chi connectivity index (χ1n) is 6.45. The minimum absolute atomic E-state index is 0.211. The van der Waals surface area contributed by atoms with E-state index in [1.165, 1.54) is 5.56 Å². The maximum atomic E-state index is 5.47. The lowest BCUT2D eigenvalue weighted by molar-refractivity contribution is 0.276. The van der Waals surface area contributed by atoms with Gasteiger partial charge in [-0.1, -0.05) is 39.8 Å². The highest BCUT2D eigenvalue weighted by molar-refractivity contribution is 5.30. The normalized spacial score (nSPS) is 13.5. The van der Waals surface area contributed by atoms with Gasteiger partial charge in [-0.05, 0) is 36.6 Å². The van der Waals surface area contributed by atoms with Crippen LogP contribution in [0.2, 0.25) is 0 Å². The third kappa shape index (κ3) is 4.04. The summed E-state index contributed by atoms with van der Waals surface area (Å²) in [5, 5.41) is 3.55. The van der Waals surface area contributed by atoms with Crippen LogP contribution in [0, 0.1) is 5.41 Å². The van der Waals surface area contributed by atoms with Gasteiger partial charge in [-0.3, -0.25) is 0 Å². The molecule has 2 heteroatoms. The number of benzene rings is 1. The zero-order valence-electron chi connectivity index (χ0n) is 11.7. The Morgan fingerprint density at radius 2 is 1.71 bits per heavy atom. The van der Waals surface area contributed by atoms with E-state index in [4.69, 9.17) is 4.74 Å². The van der Waals surface area contributed by atoms with Gasteiger partial charge in [0.25, 0.3) is 0 Å². The topological polar surface area (TPSA) is 21.3 Å². The Morgan fingerprint density at radius 1 is 1.12 bits per heavy atom. The average Bonchev–Trinajstić information content (AvgIpc) is 2.26. The van der Waals surface area contributed by atoms with Crippen molar-refractivity contribution in [2.45, 2.75) is 40.7 Å². The Bertz CT molecular complexity index is 324. The van der Waals surface area contributed by atoms with Crippen molar-refractivity contribution in [3.63, 3.8) is 0 Å². The second-order valence-electron chi connectivity index (χ2n) is 5.36. The van der Waals surface area contributed by atoms with Crippen LogP contribution >= 0.6 is 0 Å². The van der Waals surface area contributed by atoms with Gasteiger partial charge in [-0.2, -0.15) is 0 Å². The molecule has 1 rings (SSSR count). The molecule has 96 valence electrons. The highest BCUT2D eigenvalue weighted by Gasteiger charge is 2.25. The first-order valence-corrected chi connectivity index (χ1v) is 6.45. The highest BCUT2D eigenvalue weighted by atomic mass is 16.5. The van der Waals surface area contributed by atoms with Gasteiger partial charge in [-0.25, -0.2) is 0 Å². The van der Waals surface area contributed by atoms with Gasteiger partial charge in [0.1, 0.15) is 5.75 Å². The lowest BCUT2D eigenvalue weighted by Gasteiger charge is -2.32. The van der Waals surface area contributed by atoms with Crippen molar-refractivity contribution >= 4 is 0 Å². The molecule has 2 nitrogen and oxygen atoms in total. The van der Waals surface area contributed by atoms with Gasteiger partial charge < -0.3 is 10.1 Å². The predicted molar refractivity (Wildman–Crippen MR) is 73.5 cm³/mol. The molecule has 0 aromatic heterocycles. The van der Waals surface area contributed by atoms with Crippen LogP contribution in [-0.4, -0.2) is 13.2 Å². The van der Waals surface area contributed by atoms with Crippen LogP contribution in [0.4, 0.5) is 0 Å². The van der Waals surface area contributed by atoms with Crippen LogP contribution < -0.4 is 10.1 Å². The molecule has 0 fully saturated rings. The van der Waals surface area contributed by atoms with Crippen molar-refractivity contribution in [3.05, 3.63) is 29.8 Å². The first-order chi connectivity index (χ1) is 7.99. The van der Waals surface area contributed by atoms with Crippen molar-refractivity contribution < 1.29 is 4.74 Å². The van der Waals surface area contributed by atoms with Gasteiger partial charge in [0.2, 0.25) is 0 Å². The smallest absolute Gasteiger partial charge is 0.119 e. The van der Waals surface area contributed by atoms with Gasteiger partial charge in [0, 0.05) is 6.04 Å². The van der Waals surface area contributed by atoms with E-state index in [0.717, 1.165) is 18.9 Å². The maximum Gasteiger partial charge on any atom is 0.119 e. The van der Waals surface area contributed by atoms with Crippen LogP contribution in [0.3, 0.4) is 0 Å². The molecule has 1 aromatic rings. The van der Waals surface area contributed by atoms with E-state index in [1.54, 1.807) is 0 Å². The quantitative estimate of drug-likeness (QED) is 0.838. The van der Waals surface area contributed by atoms with Crippen LogP contribution in [0.1, 0.15) is 46.2 Å². The van der Waals surface area contributed by atoms with E-state index in [2.05, 4.69) is 57.3 Å². The standard InChI is InChI=1S/C15H25NO/c1-6-16-14(15(3,4)5)12-8-10-13(11-9-12)17-7-2/h8-11,14,16H,6-7H2,1-5H3. The van der Waals surface area contributed by atoms with Crippen molar-refractivity contribution in [1.82, 2.24) is 5.32 Å². The molecule has 1 N–H and O–H groups in total. The summed E-state index contributed by atoms with van der Waals surface area (Å²) < 4.78 is 5.47. The fourth-order valence-corrected chi connectivity index (χ4v) is 2.05. The number of nitrogens with one attached hydrogen (secondary N) is 1. The SMILES string of the molecule is CCNC(c1ccc(OCC)cc1)C(C)(C)C. The minimum atomic E-state index is 0.211. The Balaban J connectivity index is 2.87. The number of ether oxygens (including phenoxy) is 1. The van der Waals surface area contributed by atoms with Crippen LogP contribution in [0.5, 0.6) is 5.75 Å². The monoisotopic (exact) mass is 235 g/mol. The number of hydrogen-bond acceptors (Lipinski definition) is 2. The van der Waals surface area contributed by atoms with Gasteiger partial charge in [-0.15, -0.1) is 0 Å².